The molecular weight excluding hydrogens is 272 g/mol. The average molecular weight is 291 g/mol. The molecule has 2 aromatic rings. The van der Waals surface area contributed by atoms with Crippen LogP contribution in [-0.4, -0.2) is 13.7 Å². The van der Waals surface area contributed by atoms with Crippen LogP contribution in [0.2, 0.25) is 0 Å². The molecule has 21 heavy (non-hydrogen) atoms. The fraction of sp³-hybridized carbons (Fsp3) is 0.294. The van der Waals surface area contributed by atoms with Crippen molar-refractivity contribution in [3.8, 4) is 5.75 Å². The number of hydrogen-bond acceptors (Lipinski definition) is 2. The topological polar surface area (TPSA) is 35.2 Å². The average Bonchev–Trinajstić information content (AvgIpc) is 2.49. The van der Waals surface area contributed by atoms with Gasteiger partial charge in [-0.1, -0.05) is 18.2 Å². The van der Waals surface area contributed by atoms with Crippen molar-refractivity contribution in [2.75, 3.05) is 13.7 Å². The first-order valence-electron chi connectivity index (χ1n) is 6.89. The molecule has 112 valence electrons. The van der Waals surface area contributed by atoms with E-state index in [0.717, 1.165) is 23.8 Å². The smallest absolute Gasteiger partial charge is 0.129 e. The summed E-state index contributed by atoms with van der Waals surface area (Å²) in [6, 6.07) is 11.4. The van der Waals surface area contributed by atoms with Gasteiger partial charge in [0, 0.05) is 6.07 Å². The Labute approximate surface area is 123 Å². The monoisotopic (exact) mass is 291 g/mol. The number of benzene rings is 2. The molecule has 2 rings (SSSR count). The second-order valence-electron chi connectivity index (χ2n) is 5.09. The first kappa shape index (κ1) is 15.4. The van der Waals surface area contributed by atoms with Crippen LogP contribution in [0.25, 0.3) is 0 Å². The third kappa shape index (κ3) is 4.26. The third-order valence-corrected chi connectivity index (χ3v) is 3.54. The zero-order chi connectivity index (χ0) is 15.2. The van der Waals surface area contributed by atoms with Crippen molar-refractivity contribution in [1.29, 1.82) is 0 Å². The minimum Gasteiger partial charge on any atom is -0.497 e. The quantitative estimate of drug-likeness (QED) is 0.886. The maximum Gasteiger partial charge on any atom is 0.129 e. The van der Waals surface area contributed by atoms with Crippen LogP contribution in [0.4, 0.5) is 8.78 Å². The van der Waals surface area contributed by atoms with E-state index in [-0.39, 0.29) is 5.92 Å². The summed E-state index contributed by atoms with van der Waals surface area (Å²) in [6.07, 6.45) is 1.24. The van der Waals surface area contributed by atoms with Crippen LogP contribution in [0.1, 0.15) is 11.1 Å². The Morgan fingerprint density at radius 1 is 1.05 bits per heavy atom. The van der Waals surface area contributed by atoms with Crippen LogP contribution in [0, 0.1) is 17.6 Å². The highest BCUT2D eigenvalue weighted by Gasteiger charge is 2.12. The number of halogens is 2. The summed E-state index contributed by atoms with van der Waals surface area (Å²) < 4.78 is 31.7. The lowest BCUT2D eigenvalue weighted by molar-refractivity contribution is 0.414. The van der Waals surface area contributed by atoms with Crippen LogP contribution >= 0.6 is 0 Å². The van der Waals surface area contributed by atoms with E-state index in [0.29, 0.717) is 18.5 Å². The predicted octanol–water partition coefficient (Wildman–Crippen LogP) is 3.33. The van der Waals surface area contributed by atoms with Gasteiger partial charge >= 0.3 is 0 Å². The lowest BCUT2D eigenvalue weighted by atomic mass is 9.92. The largest absolute Gasteiger partial charge is 0.497 e. The second kappa shape index (κ2) is 7.18. The van der Waals surface area contributed by atoms with Crippen molar-refractivity contribution < 1.29 is 13.5 Å². The Morgan fingerprint density at radius 2 is 1.76 bits per heavy atom. The third-order valence-electron chi connectivity index (χ3n) is 3.54. The molecule has 0 heterocycles. The molecule has 2 aromatic carbocycles. The molecule has 0 bridgehead atoms. The van der Waals surface area contributed by atoms with Gasteiger partial charge in [-0.15, -0.1) is 0 Å². The Hall–Kier alpha value is -1.94. The first-order chi connectivity index (χ1) is 10.1. The molecule has 0 saturated heterocycles. The molecule has 0 aromatic heterocycles. The van der Waals surface area contributed by atoms with Gasteiger partial charge in [0.25, 0.3) is 0 Å². The van der Waals surface area contributed by atoms with Crippen molar-refractivity contribution in [1.82, 2.24) is 0 Å². The molecular formula is C17H19F2NO. The fourth-order valence-corrected chi connectivity index (χ4v) is 2.33. The molecule has 0 spiro atoms. The summed E-state index contributed by atoms with van der Waals surface area (Å²) in [5.41, 5.74) is 7.40. The summed E-state index contributed by atoms with van der Waals surface area (Å²) in [5, 5.41) is 0. The minimum absolute atomic E-state index is 0.110. The maximum absolute atomic E-state index is 13.7. The van der Waals surface area contributed by atoms with Gasteiger partial charge in [-0.25, -0.2) is 8.78 Å². The van der Waals surface area contributed by atoms with E-state index >= 15 is 0 Å². The second-order valence-corrected chi connectivity index (χ2v) is 5.09. The summed E-state index contributed by atoms with van der Waals surface area (Å²) in [7, 11) is 1.62. The van der Waals surface area contributed by atoms with Crippen molar-refractivity contribution in [2.24, 2.45) is 11.7 Å². The fourth-order valence-electron chi connectivity index (χ4n) is 2.33. The molecule has 0 aliphatic rings. The summed E-state index contributed by atoms with van der Waals surface area (Å²) in [5.74, 6) is -0.162. The van der Waals surface area contributed by atoms with E-state index in [2.05, 4.69) is 0 Å². The molecule has 0 radical (unpaired) electrons. The highest BCUT2D eigenvalue weighted by Crippen LogP contribution is 2.19. The molecule has 0 amide bonds. The highest BCUT2D eigenvalue weighted by atomic mass is 19.1. The van der Waals surface area contributed by atoms with Gasteiger partial charge in [0.1, 0.15) is 17.4 Å². The molecule has 0 aliphatic carbocycles. The van der Waals surface area contributed by atoms with E-state index in [1.165, 1.54) is 12.1 Å². The van der Waals surface area contributed by atoms with Gasteiger partial charge in [0.15, 0.2) is 0 Å². The van der Waals surface area contributed by atoms with Crippen molar-refractivity contribution in [2.45, 2.75) is 12.8 Å². The Balaban J connectivity index is 2.05. The highest BCUT2D eigenvalue weighted by molar-refractivity contribution is 5.28. The lowest BCUT2D eigenvalue weighted by Gasteiger charge is -2.15. The van der Waals surface area contributed by atoms with Gasteiger partial charge in [-0.3, -0.25) is 0 Å². The van der Waals surface area contributed by atoms with E-state index in [9.17, 15) is 8.78 Å². The van der Waals surface area contributed by atoms with E-state index in [4.69, 9.17) is 10.5 Å². The summed E-state index contributed by atoms with van der Waals surface area (Å²) in [6.45, 7) is 0.447. The molecule has 1 atom stereocenters. The number of rotatable bonds is 6. The number of methoxy groups -OCH3 is 1. The van der Waals surface area contributed by atoms with Crippen LogP contribution in [-0.2, 0) is 12.8 Å². The van der Waals surface area contributed by atoms with Crippen molar-refractivity contribution >= 4 is 0 Å². The van der Waals surface area contributed by atoms with Crippen LogP contribution in [0.3, 0.4) is 0 Å². The summed E-state index contributed by atoms with van der Waals surface area (Å²) >= 11 is 0. The zero-order valence-corrected chi connectivity index (χ0v) is 12.0. The Bertz CT molecular complexity index is 584. The molecule has 2 N–H and O–H groups in total. The van der Waals surface area contributed by atoms with Gasteiger partial charge in [-0.05, 0) is 54.6 Å². The van der Waals surface area contributed by atoms with E-state index in [1.807, 2.05) is 24.3 Å². The molecule has 0 aliphatic heterocycles. The number of ether oxygens (including phenoxy) is 1. The standard InChI is InChI=1S/C17H19F2NO/c1-21-16-6-2-12(3-7-16)8-13(11-20)9-14-4-5-15(18)10-17(14)19/h2-7,10,13H,8-9,11,20H2,1H3. The lowest BCUT2D eigenvalue weighted by Crippen LogP contribution is -2.20. The van der Waals surface area contributed by atoms with Crippen LogP contribution in [0.5, 0.6) is 5.75 Å². The normalized spacial score (nSPS) is 12.2. The Kier molecular flexibility index (Phi) is 5.28. The predicted molar refractivity (Wildman–Crippen MR) is 79.3 cm³/mol. The first-order valence-corrected chi connectivity index (χ1v) is 6.89. The number of nitrogens with two attached hydrogens (primary N) is 1. The SMILES string of the molecule is COc1ccc(CC(CN)Cc2ccc(F)cc2F)cc1. The molecule has 0 fully saturated rings. The van der Waals surface area contributed by atoms with Crippen LogP contribution in [0.15, 0.2) is 42.5 Å². The maximum atomic E-state index is 13.7. The van der Waals surface area contributed by atoms with Crippen molar-refractivity contribution in [3.63, 3.8) is 0 Å². The van der Waals surface area contributed by atoms with Gasteiger partial charge in [-0.2, -0.15) is 0 Å². The zero-order valence-electron chi connectivity index (χ0n) is 12.0. The number of hydrogen-bond donors (Lipinski definition) is 1. The molecule has 1 unspecified atom stereocenters. The minimum atomic E-state index is -0.560. The van der Waals surface area contributed by atoms with Gasteiger partial charge in [0.2, 0.25) is 0 Å². The van der Waals surface area contributed by atoms with Crippen molar-refractivity contribution in [3.05, 3.63) is 65.2 Å². The van der Waals surface area contributed by atoms with E-state index < -0.39 is 11.6 Å². The van der Waals surface area contributed by atoms with Gasteiger partial charge in [0.05, 0.1) is 7.11 Å². The van der Waals surface area contributed by atoms with Crippen LogP contribution < -0.4 is 10.5 Å². The Morgan fingerprint density at radius 3 is 2.33 bits per heavy atom. The molecule has 0 saturated carbocycles. The summed E-state index contributed by atoms with van der Waals surface area (Å²) in [4.78, 5) is 0. The van der Waals surface area contributed by atoms with E-state index in [1.54, 1.807) is 7.11 Å². The van der Waals surface area contributed by atoms with Gasteiger partial charge < -0.3 is 10.5 Å². The molecule has 4 heteroatoms. The molecule has 2 nitrogen and oxygen atoms in total.